The molecule has 0 aliphatic heterocycles. The normalized spacial score (nSPS) is 17.3. The Labute approximate surface area is 159 Å². The van der Waals surface area contributed by atoms with Crippen LogP contribution in [-0.4, -0.2) is 19.3 Å². The minimum Gasteiger partial charge on any atom is -0.307 e. The van der Waals surface area contributed by atoms with Crippen molar-refractivity contribution in [1.82, 2.24) is 5.32 Å². The predicted molar refractivity (Wildman–Crippen MR) is 109 cm³/mol. The number of unbranched alkanes of at least 4 members (excludes halogenated alkanes) is 2. The molecule has 0 aromatic heterocycles. The van der Waals surface area contributed by atoms with Crippen LogP contribution in [-0.2, 0) is 13.6 Å². The van der Waals surface area contributed by atoms with Gasteiger partial charge in [-0.15, -0.1) is 0 Å². The number of rotatable bonds is 12. The van der Waals surface area contributed by atoms with Crippen LogP contribution in [0.5, 0.6) is 0 Å². The Kier molecular flexibility index (Phi) is 9.92. The standard InChI is InChI=1S/C21H36NO3P/c1-3-5-17-24-26(23,25-18-6-4-2)21(19-13-9-7-10-14-19)22-20-15-11-8-12-16-20/h7,9-10,13-14,20-22H,3-6,8,11-12,15-18H2,1-2H3. The maximum atomic E-state index is 13.8. The summed E-state index contributed by atoms with van der Waals surface area (Å²) < 4.78 is 25.7. The molecule has 1 aromatic carbocycles. The molecule has 1 atom stereocenters. The summed E-state index contributed by atoms with van der Waals surface area (Å²) in [4.78, 5) is 0. The smallest absolute Gasteiger partial charge is 0.307 e. The monoisotopic (exact) mass is 381 g/mol. The van der Waals surface area contributed by atoms with Crippen molar-refractivity contribution >= 4 is 7.60 Å². The second kappa shape index (κ2) is 11.9. The van der Waals surface area contributed by atoms with E-state index in [0.717, 1.165) is 44.1 Å². The molecule has 0 bridgehead atoms. The lowest BCUT2D eigenvalue weighted by Crippen LogP contribution is -2.35. The largest absolute Gasteiger partial charge is 0.351 e. The predicted octanol–water partition coefficient (Wildman–Crippen LogP) is 6.43. The van der Waals surface area contributed by atoms with E-state index in [2.05, 4.69) is 19.2 Å². The summed E-state index contributed by atoms with van der Waals surface area (Å²) in [6.07, 6.45) is 9.85. The third kappa shape index (κ3) is 6.81. The maximum Gasteiger partial charge on any atom is 0.351 e. The van der Waals surface area contributed by atoms with E-state index in [0.29, 0.717) is 19.3 Å². The molecule has 1 aromatic rings. The summed E-state index contributed by atoms with van der Waals surface area (Å²) in [6.45, 7) is 5.19. The van der Waals surface area contributed by atoms with E-state index in [1.54, 1.807) is 0 Å². The van der Waals surface area contributed by atoms with Gasteiger partial charge in [0.15, 0.2) is 0 Å². The summed E-state index contributed by atoms with van der Waals surface area (Å²) in [6, 6.07) is 10.4. The van der Waals surface area contributed by atoms with Gasteiger partial charge < -0.3 is 9.05 Å². The van der Waals surface area contributed by atoms with Crippen molar-refractivity contribution in [3.8, 4) is 0 Å². The maximum absolute atomic E-state index is 13.8. The van der Waals surface area contributed by atoms with Gasteiger partial charge in [0.05, 0.1) is 13.2 Å². The Hall–Kier alpha value is -0.670. The van der Waals surface area contributed by atoms with Crippen LogP contribution in [0.1, 0.15) is 83.0 Å². The van der Waals surface area contributed by atoms with Crippen LogP contribution in [0.25, 0.3) is 0 Å². The van der Waals surface area contributed by atoms with Crippen LogP contribution in [0.2, 0.25) is 0 Å². The van der Waals surface area contributed by atoms with Crippen molar-refractivity contribution < 1.29 is 13.6 Å². The third-order valence-corrected chi connectivity index (χ3v) is 7.13. The summed E-state index contributed by atoms with van der Waals surface area (Å²) in [5.74, 6) is -0.388. The highest BCUT2D eigenvalue weighted by atomic mass is 31.2. The molecule has 148 valence electrons. The van der Waals surface area contributed by atoms with Crippen LogP contribution in [0, 0.1) is 0 Å². The topological polar surface area (TPSA) is 47.6 Å². The average Bonchev–Trinajstić information content (AvgIpc) is 2.68. The fourth-order valence-electron chi connectivity index (χ4n) is 3.36. The van der Waals surface area contributed by atoms with E-state index >= 15 is 0 Å². The summed E-state index contributed by atoms with van der Waals surface area (Å²) in [5.41, 5.74) is 0.995. The van der Waals surface area contributed by atoms with E-state index in [4.69, 9.17) is 9.05 Å². The van der Waals surface area contributed by atoms with Crippen LogP contribution in [0.3, 0.4) is 0 Å². The van der Waals surface area contributed by atoms with E-state index in [1.165, 1.54) is 19.3 Å². The molecule has 5 heteroatoms. The first kappa shape index (κ1) is 21.6. The highest BCUT2D eigenvalue weighted by Crippen LogP contribution is 2.60. The molecule has 0 radical (unpaired) electrons. The quantitative estimate of drug-likeness (QED) is 0.334. The first-order chi connectivity index (χ1) is 12.7. The van der Waals surface area contributed by atoms with Crippen molar-refractivity contribution in [1.29, 1.82) is 0 Å². The number of benzene rings is 1. The van der Waals surface area contributed by atoms with Crippen molar-refractivity contribution in [2.45, 2.75) is 83.5 Å². The first-order valence-corrected chi connectivity index (χ1v) is 12.0. The molecule has 1 unspecified atom stereocenters. The molecule has 1 N–H and O–H groups in total. The fourth-order valence-corrected chi connectivity index (χ4v) is 5.43. The van der Waals surface area contributed by atoms with E-state index in [1.807, 2.05) is 30.3 Å². The van der Waals surface area contributed by atoms with Crippen LogP contribution >= 0.6 is 7.60 Å². The highest BCUT2D eigenvalue weighted by Gasteiger charge is 2.38. The molecular formula is C21H36NO3P. The minimum absolute atomic E-state index is 0.381. The molecule has 0 amide bonds. The zero-order chi connectivity index (χ0) is 18.7. The zero-order valence-electron chi connectivity index (χ0n) is 16.5. The SMILES string of the molecule is CCCCOP(=O)(OCCCC)C(NC1CCCCC1)c1ccccc1. The van der Waals surface area contributed by atoms with Gasteiger partial charge in [0.25, 0.3) is 0 Å². The lowest BCUT2D eigenvalue weighted by molar-refractivity contribution is 0.184. The van der Waals surface area contributed by atoms with Crippen molar-refractivity contribution in [3.63, 3.8) is 0 Å². The number of hydrogen-bond donors (Lipinski definition) is 1. The van der Waals surface area contributed by atoms with Gasteiger partial charge in [0.2, 0.25) is 0 Å². The molecule has 1 fully saturated rings. The van der Waals surface area contributed by atoms with Gasteiger partial charge in [-0.1, -0.05) is 76.3 Å². The van der Waals surface area contributed by atoms with Gasteiger partial charge in [-0.05, 0) is 31.2 Å². The Balaban J connectivity index is 2.21. The van der Waals surface area contributed by atoms with E-state index in [-0.39, 0.29) is 5.78 Å². The van der Waals surface area contributed by atoms with Crippen LogP contribution < -0.4 is 5.32 Å². The molecule has 0 heterocycles. The molecule has 1 saturated carbocycles. The van der Waals surface area contributed by atoms with E-state index in [9.17, 15) is 4.57 Å². The molecule has 1 aliphatic rings. The van der Waals surface area contributed by atoms with Crippen LogP contribution in [0.15, 0.2) is 30.3 Å². The van der Waals surface area contributed by atoms with Gasteiger partial charge in [-0.25, -0.2) is 0 Å². The van der Waals surface area contributed by atoms with Gasteiger partial charge in [-0.3, -0.25) is 9.88 Å². The second-order valence-electron chi connectivity index (χ2n) is 7.23. The molecule has 0 saturated heterocycles. The van der Waals surface area contributed by atoms with Gasteiger partial charge in [-0.2, -0.15) is 0 Å². The van der Waals surface area contributed by atoms with Gasteiger partial charge >= 0.3 is 7.60 Å². The molecule has 2 rings (SSSR count). The van der Waals surface area contributed by atoms with Crippen molar-refractivity contribution in [2.75, 3.05) is 13.2 Å². The highest BCUT2D eigenvalue weighted by molar-refractivity contribution is 7.54. The summed E-state index contributed by atoms with van der Waals surface area (Å²) >= 11 is 0. The Bertz CT molecular complexity index is 517. The lowest BCUT2D eigenvalue weighted by atomic mass is 9.95. The molecular weight excluding hydrogens is 345 g/mol. The summed E-state index contributed by atoms with van der Waals surface area (Å²) in [7, 11) is -3.29. The Morgan fingerprint density at radius 1 is 1.00 bits per heavy atom. The number of hydrogen-bond acceptors (Lipinski definition) is 4. The Morgan fingerprint density at radius 3 is 2.12 bits per heavy atom. The van der Waals surface area contributed by atoms with E-state index < -0.39 is 7.60 Å². The third-order valence-electron chi connectivity index (χ3n) is 4.97. The Morgan fingerprint density at radius 2 is 1.58 bits per heavy atom. The lowest BCUT2D eigenvalue weighted by Gasteiger charge is -2.33. The van der Waals surface area contributed by atoms with Gasteiger partial charge in [0.1, 0.15) is 5.78 Å². The molecule has 26 heavy (non-hydrogen) atoms. The first-order valence-electron chi connectivity index (χ1n) is 10.4. The van der Waals surface area contributed by atoms with Crippen molar-refractivity contribution in [2.24, 2.45) is 0 Å². The summed E-state index contributed by atoms with van der Waals surface area (Å²) in [5, 5.41) is 3.65. The zero-order valence-corrected chi connectivity index (χ0v) is 17.4. The molecule has 4 nitrogen and oxygen atoms in total. The second-order valence-corrected chi connectivity index (χ2v) is 9.34. The van der Waals surface area contributed by atoms with Crippen molar-refractivity contribution in [3.05, 3.63) is 35.9 Å². The minimum atomic E-state index is -3.29. The van der Waals surface area contributed by atoms with Crippen LogP contribution in [0.4, 0.5) is 0 Å². The fraction of sp³-hybridized carbons (Fsp3) is 0.714. The average molecular weight is 381 g/mol. The van der Waals surface area contributed by atoms with Gasteiger partial charge in [0, 0.05) is 6.04 Å². The molecule has 1 aliphatic carbocycles. The number of nitrogens with one attached hydrogen (secondary N) is 1. The molecule has 0 spiro atoms.